The molecule has 1 heterocycles. The standard InChI is InChI=1S/C22H27N3O4S/c1-4-24(5-2)30(28,29)19-11-8-17(9-12-19)22(27)23-18-10-13-20(16(3)15-18)25-14-6-7-21(25)26/h8-13,15H,4-7,14H2,1-3H3,(H,23,27). The van der Waals surface area contributed by atoms with E-state index in [-0.39, 0.29) is 16.7 Å². The molecule has 3 rings (SSSR count). The second-order valence-corrected chi connectivity index (χ2v) is 9.16. The van der Waals surface area contributed by atoms with Crippen LogP contribution in [0.25, 0.3) is 0 Å². The number of carbonyl (C=O) groups is 2. The van der Waals surface area contributed by atoms with Crippen molar-refractivity contribution in [3.8, 4) is 0 Å². The number of hydrogen-bond donors (Lipinski definition) is 1. The summed E-state index contributed by atoms with van der Waals surface area (Å²) < 4.78 is 26.5. The molecule has 160 valence electrons. The zero-order valence-corrected chi connectivity index (χ0v) is 18.3. The molecule has 1 aliphatic heterocycles. The molecule has 1 aliphatic rings. The summed E-state index contributed by atoms with van der Waals surface area (Å²) >= 11 is 0. The number of nitrogens with one attached hydrogen (secondary N) is 1. The lowest BCUT2D eigenvalue weighted by molar-refractivity contribution is -0.117. The second kappa shape index (κ2) is 8.97. The van der Waals surface area contributed by atoms with Crippen molar-refractivity contribution in [1.29, 1.82) is 0 Å². The van der Waals surface area contributed by atoms with Gasteiger partial charge in [-0.1, -0.05) is 13.8 Å². The number of rotatable bonds is 7. The van der Waals surface area contributed by atoms with Gasteiger partial charge in [-0.2, -0.15) is 4.31 Å². The van der Waals surface area contributed by atoms with Crippen molar-refractivity contribution in [2.75, 3.05) is 29.9 Å². The molecule has 0 aromatic heterocycles. The van der Waals surface area contributed by atoms with Crippen LogP contribution in [0.15, 0.2) is 47.4 Å². The van der Waals surface area contributed by atoms with Crippen LogP contribution in [0.1, 0.15) is 42.6 Å². The van der Waals surface area contributed by atoms with Gasteiger partial charge in [-0.15, -0.1) is 0 Å². The smallest absolute Gasteiger partial charge is 0.255 e. The van der Waals surface area contributed by atoms with E-state index in [0.717, 1.165) is 17.7 Å². The van der Waals surface area contributed by atoms with Crippen LogP contribution in [-0.4, -0.2) is 44.2 Å². The fraction of sp³-hybridized carbons (Fsp3) is 0.364. The second-order valence-electron chi connectivity index (χ2n) is 7.22. The van der Waals surface area contributed by atoms with Crippen molar-refractivity contribution in [2.45, 2.75) is 38.5 Å². The molecule has 1 N–H and O–H groups in total. The van der Waals surface area contributed by atoms with E-state index in [9.17, 15) is 18.0 Å². The molecule has 8 heteroatoms. The highest BCUT2D eigenvalue weighted by Gasteiger charge is 2.23. The van der Waals surface area contributed by atoms with E-state index in [1.165, 1.54) is 28.6 Å². The monoisotopic (exact) mass is 429 g/mol. The van der Waals surface area contributed by atoms with E-state index in [4.69, 9.17) is 0 Å². The van der Waals surface area contributed by atoms with Crippen LogP contribution < -0.4 is 10.2 Å². The van der Waals surface area contributed by atoms with Gasteiger partial charge in [0.2, 0.25) is 15.9 Å². The van der Waals surface area contributed by atoms with E-state index < -0.39 is 10.0 Å². The molecule has 2 amide bonds. The lowest BCUT2D eigenvalue weighted by Crippen LogP contribution is -2.30. The van der Waals surface area contributed by atoms with Crippen LogP contribution in [0.5, 0.6) is 0 Å². The summed E-state index contributed by atoms with van der Waals surface area (Å²) in [6.45, 7) is 6.97. The predicted octanol–water partition coefficient (Wildman–Crippen LogP) is 3.40. The van der Waals surface area contributed by atoms with Crippen LogP contribution >= 0.6 is 0 Å². The average molecular weight is 430 g/mol. The minimum Gasteiger partial charge on any atom is -0.322 e. The molecule has 30 heavy (non-hydrogen) atoms. The van der Waals surface area contributed by atoms with Crippen molar-refractivity contribution in [3.05, 3.63) is 53.6 Å². The van der Waals surface area contributed by atoms with Gasteiger partial charge in [-0.3, -0.25) is 9.59 Å². The molecule has 0 atom stereocenters. The molecule has 0 saturated carbocycles. The first-order valence-corrected chi connectivity index (χ1v) is 11.5. The van der Waals surface area contributed by atoms with E-state index >= 15 is 0 Å². The number of benzene rings is 2. The Labute approximate surface area is 177 Å². The fourth-order valence-corrected chi connectivity index (χ4v) is 5.09. The summed E-state index contributed by atoms with van der Waals surface area (Å²) in [6.07, 6.45) is 1.43. The molecule has 0 spiro atoms. The summed E-state index contributed by atoms with van der Waals surface area (Å²) in [5.74, 6) is -0.208. The Morgan fingerprint density at radius 1 is 1.10 bits per heavy atom. The molecule has 0 bridgehead atoms. The third-order valence-electron chi connectivity index (χ3n) is 5.28. The zero-order valence-electron chi connectivity index (χ0n) is 17.5. The van der Waals surface area contributed by atoms with Gasteiger partial charge < -0.3 is 10.2 Å². The van der Waals surface area contributed by atoms with Crippen LogP contribution in [-0.2, 0) is 14.8 Å². The van der Waals surface area contributed by atoms with E-state index in [1.54, 1.807) is 24.8 Å². The van der Waals surface area contributed by atoms with Gasteiger partial charge in [-0.25, -0.2) is 8.42 Å². The SMILES string of the molecule is CCN(CC)S(=O)(=O)c1ccc(C(=O)Nc2ccc(N3CCCC3=O)c(C)c2)cc1. The molecule has 2 aromatic carbocycles. The molecule has 1 fully saturated rings. The first-order valence-electron chi connectivity index (χ1n) is 10.1. The quantitative estimate of drug-likeness (QED) is 0.731. The highest BCUT2D eigenvalue weighted by atomic mass is 32.2. The Morgan fingerprint density at radius 3 is 2.30 bits per heavy atom. The number of hydrogen-bond acceptors (Lipinski definition) is 4. The van der Waals surface area contributed by atoms with E-state index in [2.05, 4.69) is 5.32 Å². The van der Waals surface area contributed by atoms with Gasteiger partial charge in [-0.05, 0) is 61.4 Å². The fourth-order valence-electron chi connectivity index (χ4n) is 3.63. The first kappa shape index (κ1) is 22.0. The number of anilines is 2. The molecule has 1 saturated heterocycles. The summed E-state index contributed by atoms with van der Waals surface area (Å²) in [5, 5.41) is 2.83. The van der Waals surface area contributed by atoms with Gasteiger partial charge in [0.1, 0.15) is 0 Å². The number of nitrogens with zero attached hydrogens (tertiary/aromatic N) is 2. The summed E-state index contributed by atoms with van der Waals surface area (Å²) in [7, 11) is -3.56. The summed E-state index contributed by atoms with van der Waals surface area (Å²) in [6, 6.07) is 11.4. The number of aryl methyl sites for hydroxylation is 1. The lowest BCUT2D eigenvalue weighted by Gasteiger charge is -2.19. The summed E-state index contributed by atoms with van der Waals surface area (Å²) in [4.78, 5) is 26.5. The van der Waals surface area contributed by atoms with Gasteiger partial charge in [0, 0.05) is 43.0 Å². The Kier molecular flexibility index (Phi) is 6.58. The molecule has 0 unspecified atom stereocenters. The maximum absolute atomic E-state index is 12.6. The molecular weight excluding hydrogens is 402 g/mol. The Morgan fingerprint density at radius 2 is 1.77 bits per heavy atom. The Hall–Kier alpha value is -2.71. The molecule has 0 radical (unpaired) electrons. The minimum absolute atomic E-state index is 0.120. The average Bonchev–Trinajstić information content (AvgIpc) is 3.14. The molecular formula is C22H27N3O4S. The van der Waals surface area contributed by atoms with Crippen LogP contribution in [0, 0.1) is 6.92 Å². The molecule has 2 aromatic rings. The van der Waals surface area contributed by atoms with Crippen molar-refractivity contribution < 1.29 is 18.0 Å². The van der Waals surface area contributed by atoms with Gasteiger partial charge in [0.15, 0.2) is 0 Å². The largest absolute Gasteiger partial charge is 0.322 e. The third-order valence-corrected chi connectivity index (χ3v) is 7.34. The van der Waals surface area contributed by atoms with Crippen molar-refractivity contribution in [2.24, 2.45) is 0 Å². The lowest BCUT2D eigenvalue weighted by atomic mass is 10.1. The number of amides is 2. The zero-order chi connectivity index (χ0) is 21.9. The van der Waals surface area contributed by atoms with Gasteiger partial charge in [0.25, 0.3) is 5.91 Å². The van der Waals surface area contributed by atoms with Gasteiger partial charge >= 0.3 is 0 Å². The van der Waals surface area contributed by atoms with E-state index in [0.29, 0.717) is 37.3 Å². The number of sulfonamides is 1. The van der Waals surface area contributed by atoms with Crippen molar-refractivity contribution in [1.82, 2.24) is 4.31 Å². The third kappa shape index (κ3) is 4.39. The normalized spacial score (nSPS) is 14.4. The Balaban J connectivity index is 1.73. The van der Waals surface area contributed by atoms with Crippen LogP contribution in [0.3, 0.4) is 0 Å². The van der Waals surface area contributed by atoms with Crippen molar-refractivity contribution >= 4 is 33.2 Å². The maximum atomic E-state index is 12.6. The summed E-state index contributed by atoms with van der Waals surface area (Å²) in [5.41, 5.74) is 2.75. The predicted molar refractivity (Wildman–Crippen MR) is 117 cm³/mol. The highest BCUT2D eigenvalue weighted by Crippen LogP contribution is 2.27. The van der Waals surface area contributed by atoms with Gasteiger partial charge in [0.05, 0.1) is 4.90 Å². The van der Waals surface area contributed by atoms with Crippen molar-refractivity contribution in [3.63, 3.8) is 0 Å². The number of carbonyl (C=O) groups excluding carboxylic acids is 2. The van der Waals surface area contributed by atoms with E-state index in [1.807, 2.05) is 19.1 Å². The first-order chi connectivity index (χ1) is 14.3. The minimum atomic E-state index is -3.56. The maximum Gasteiger partial charge on any atom is 0.255 e. The van der Waals surface area contributed by atoms with Crippen LogP contribution in [0.2, 0.25) is 0 Å². The topological polar surface area (TPSA) is 86.8 Å². The molecule has 0 aliphatic carbocycles. The highest BCUT2D eigenvalue weighted by molar-refractivity contribution is 7.89. The van der Waals surface area contributed by atoms with Crippen LogP contribution in [0.4, 0.5) is 11.4 Å². The molecule has 7 nitrogen and oxygen atoms in total. The Bertz CT molecular complexity index is 1040.